The monoisotopic (exact) mass is 347 g/mol. The number of benzene rings is 2. The molecule has 4 aromatic rings. The number of nitrogens with zero attached hydrogens (tertiary/aromatic N) is 3. The van der Waals surface area contributed by atoms with Gasteiger partial charge in [-0.2, -0.15) is 4.98 Å². The average Bonchev–Trinajstić information content (AvgIpc) is 3.08. The molecule has 2 aromatic carbocycles. The molecular weight excluding hydrogens is 330 g/mol. The van der Waals surface area contributed by atoms with Crippen molar-refractivity contribution < 1.29 is 0 Å². The summed E-state index contributed by atoms with van der Waals surface area (Å²) in [6, 6.07) is 20.3. The Kier molecular flexibility index (Phi) is 4.26. The van der Waals surface area contributed by atoms with Crippen molar-refractivity contribution in [2.75, 3.05) is 17.6 Å². The molecule has 0 saturated heterocycles. The molecule has 6 heteroatoms. The zero-order valence-corrected chi connectivity index (χ0v) is 14.3. The van der Waals surface area contributed by atoms with Gasteiger partial charge in [-0.05, 0) is 12.0 Å². The number of nitrogens with one attached hydrogen (secondary N) is 1. The summed E-state index contributed by atoms with van der Waals surface area (Å²) >= 11 is 1.53. The minimum absolute atomic E-state index is 0.408. The molecule has 0 saturated carbocycles. The molecule has 0 aliphatic carbocycles. The smallest absolute Gasteiger partial charge is 0.226 e. The van der Waals surface area contributed by atoms with Gasteiger partial charge in [0.15, 0.2) is 10.6 Å². The normalized spacial score (nSPS) is 10.9. The average molecular weight is 347 g/mol. The van der Waals surface area contributed by atoms with Gasteiger partial charge in [0.2, 0.25) is 5.95 Å². The number of aromatic nitrogens is 3. The van der Waals surface area contributed by atoms with E-state index in [1.54, 1.807) is 0 Å². The Bertz CT molecular complexity index is 983. The van der Waals surface area contributed by atoms with Crippen LogP contribution in [-0.2, 0) is 6.42 Å². The Morgan fingerprint density at radius 2 is 1.60 bits per heavy atom. The largest absolute Gasteiger partial charge is 0.382 e. The molecule has 2 aromatic heterocycles. The zero-order chi connectivity index (χ0) is 17.1. The summed E-state index contributed by atoms with van der Waals surface area (Å²) < 4.78 is 0. The Balaban J connectivity index is 1.55. The van der Waals surface area contributed by atoms with Gasteiger partial charge in [0, 0.05) is 12.1 Å². The molecule has 2 heterocycles. The minimum Gasteiger partial charge on any atom is -0.382 e. The van der Waals surface area contributed by atoms with Gasteiger partial charge in [-0.3, -0.25) is 0 Å². The molecule has 0 aliphatic heterocycles. The maximum absolute atomic E-state index is 6.08. The van der Waals surface area contributed by atoms with Crippen LogP contribution in [0.5, 0.6) is 0 Å². The Labute approximate surface area is 149 Å². The first-order chi connectivity index (χ1) is 12.3. The molecule has 124 valence electrons. The highest BCUT2D eigenvalue weighted by molar-refractivity contribution is 7.21. The van der Waals surface area contributed by atoms with Gasteiger partial charge in [0.05, 0.1) is 0 Å². The molecule has 25 heavy (non-hydrogen) atoms. The fourth-order valence-corrected chi connectivity index (χ4v) is 3.54. The van der Waals surface area contributed by atoms with Gasteiger partial charge in [-0.1, -0.05) is 72.0 Å². The summed E-state index contributed by atoms with van der Waals surface area (Å²) in [6.45, 7) is 0.749. The molecule has 0 amide bonds. The Morgan fingerprint density at radius 3 is 2.36 bits per heavy atom. The number of nitrogens with two attached hydrogens (primary N) is 1. The first kappa shape index (κ1) is 15.5. The standard InChI is InChI=1S/C19H17N5S/c20-16-15-18(25-17(22-15)14-9-5-2-6-10-14)24-19(23-16)21-12-11-13-7-3-1-4-8-13/h1-10H,11-12H2,(H3,20,21,23,24). The molecule has 3 N–H and O–H groups in total. The van der Waals surface area contributed by atoms with Crippen molar-refractivity contribution in [1.82, 2.24) is 15.0 Å². The van der Waals surface area contributed by atoms with Gasteiger partial charge in [-0.15, -0.1) is 0 Å². The predicted octanol–water partition coefficient (Wildman–Crippen LogP) is 3.99. The SMILES string of the molecule is Nc1nc(NCCc2ccccc2)nc2sc(-c3ccccc3)nc12. The highest BCUT2D eigenvalue weighted by atomic mass is 32.1. The summed E-state index contributed by atoms with van der Waals surface area (Å²) in [6.07, 6.45) is 0.903. The first-order valence-corrected chi connectivity index (χ1v) is 8.88. The molecule has 4 rings (SSSR count). The molecule has 0 aliphatic rings. The van der Waals surface area contributed by atoms with Crippen LogP contribution in [0.2, 0.25) is 0 Å². The van der Waals surface area contributed by atoms with E-state index >= 15 is 0 Å². The molecule has 0 unspecified atom stereocenters. The second-order valence-corrected chi connectivity index (χ2v) is 6.61. The molecule has 0 atom stereocenters. The van der Waals surface area contributed by atoms with E-state index in [1.165, 1.54) is 16.9 Å². The molecule has 0 spiro atoms. The lowest BCUT2D eigenvalue weighted by Crippen LogP contribution is -2.09. The summed E-state index contributed by atoms with van der Waals surface area (Å²) in [5, 5.41) is 4.15. The lowest BCUT2D eigenvalue weighted by molar-refractivity contribution is 0.992. The van der Waals surface area contributed by atoms with Crippen LogP contribution >= 0.6 is 11.3 Å². The number of hydrogen-bond donors (Lipinski definition) is 2. The lowest BCUT2D eigenvalue weighted by Gasteiger charge is -2.05. The van der Waals surface area contributed by atoms with E-state index in [1.807, 2.05) is 48.5 Å². The summed E-state index contributed by atoms with van der Waals surface area (Å²) in [5.74, 6) is 0.954. The van der Waals surface area contributed by atoms with Crippen LogP contribution in [0.3, 0.4) is 0 Å². The quantitative estimate of drug-likeness (QED) is 0.571. The maximum Gasteiger partial charge on any atom is 0.226 e. The van der Waals surface area contributed by atoms with E-state index in [2.05, 4.69) is 32.4 Å². The fourth-order valence-electron chi connectivity index (χ4n) is 2.59. The first-order valence-electron chi connectivity index (χ1n) is 8.07. The maximum atomic E-state index is 6.08. The van der Waals surface area contributed by atoms with Crippen LogP contribution in [0.25, 0.3) is 20.9 Å². The van der Waals surface area contributed by atoms with E-state index in [9.17, 15) is 0 Å². The van der Waals surface area contributed by atoms with Crippen LogP contribution in [-0.4, -0.2) is 21.5 Å². The summed E-state index contributed by atoms with van der Waals surface area (Å²) in [4.78, 5) is 14.3. The predicted molar refractivity (Wildman–Crippen MR) is 104 cm³/mol. The van der Waals surface area contributed by atoms with E-state index in [0.717, 1.165) is 28.4 Å². The van der Waals surface area contributed by atoms with E-state index in [-0.39, 0.29) is 0 Å². The van der Waals surface area contributed by atoms with Gasteiger partial charge < -0.3 is 11.1 Å². The van der Waals surface area contributed by atoms with Gasteiger partial charge in [-0.25, -0.2) is 9.97 Å². The third kappa shape index (κ3) is 3.44. The fraction of sp³-hybridized carbons (Fsp3) is 0.105. The number of fused-ring (bicyclic) bond motifs is 1. The highest BCUT2D eigenvalue weighted by Crippen LogP contribution is 2.31. The van der Waals surface area contributed by atoms with Gasteiger partial charge >= 0.3 is 0 Å². The van der Waals surface area contributed by atoms with Gasteiger partial charge in [0.25, 0.3) is 0 Å². The molecule has 0 bridgehead atoms. The van der Waals surface area contributed by atoms with Crippen molar-refractivity contribution in [3.05, 3.63) is 66.2 Å². The minimum atomic E-state index is 0.408. The van der Waals surface area contributed by atoms with Crippen molar-refractivity contribution in [3.63, 3.8) is 0 Å². The zero-order valence-electron chi connectivity index (χ0n) is 13.5. The van der Waals surface area contributed by atoms with Crippen molar-refractivity contribution in [3.8, 4) is 10.6 Å². The number of hydrogen-bond acceptors (Lipinski definition) is 6. The van der Waals surface area contributed by atoms with Crippen LogP contribution < -0.4 is 11.1 Å². The summed E-state index contributed by atoms with van der Waals surface area (Å²) in [7, 11) is 0. The second kappa shape index (κ2) is 6.86. The lowest BCUT2D eigenvalue weighted by atomic mass is 10.1. The van der Waals surface area contributed by atoms with Crippen LogP contribution in [0.1, 0.15) is 5.56 Å². The van der Waals surface area contributed by atoms with Crippen LogP contribution in [0.15, 0.2) is 60.7 Å². The van der Waals surface area contributed by atoms with Crippen molar-refractivity contribution in [2.45, 2.75) is 6.42 Å². The third-order valence-electron chi connectivity index (χ3n) is 3.85. The Hall–Kier alpha value is -2.99. The molecule has 0 fully saturated rings. The van der Waals surface area contributed by atoms with Gasteiger partial charge in [0.1, 0.15) is 10.5 Å². The van der Waals surface area contributed by atoms with Crippen molar-refractivity contribution >= 4 is 33.5 Å². The van der Waals surface area contributed by atoms with E-state index < -0.39 is 0 Å². The molecular formula is C19H17N5S. The van der Waals surface area contributed by atoms with E-state index in [0.29, 0.717) is 17.3 Å². The molecule has 5 nitrogen and oxygen atoms in total. The van der Waals surface area contributed by atoms with Crippen molar-refractivity contribution in [2.24, 2.45) is 0 Å². The number of rotatable bonds is 5. The van der Waals surface area contributed by atoms with Crippen LogP contribution in [0.4, 0.5) is 11.8 Å². The third-order valence-corrected chi connectivity index (χ3v) is 4.84. The number of thiazole rings is 1. The van der Waals surface area contributed by atoms with E-state index in [4.69, 9.17) is 5.73 Å². The molecule has 0 radical (unpaired) electrons. The van der Waals surface area contributed by atoms with Crippen molar-refractivity contribution in [1.29, 1.82) is 0 Å². The topological polar surface area (TPSA) is 76.7 Å². The summed E-state index contributed by atoms with van der Waals surface area (Å²) in [5.41, 5.74) is 9.08. The highest BCUT2D eigenvalue weighted by Gasteiger charge is 2.12. The number of anilines is 2. The van der Waals surface area contributed by atoms with Crippen LogP contribution in [0, 0.1) is 0 Å². The Morgan fingerprint density at radius 1 is 0.880 bits per heavy atom. The second-order valence-electron chi connectivity index (χ2n) is 5.63. The number of nitrogen functional groups attached to an aromatic ring is 1.